The van der Waals surface area contributed by atoms with Gasteiger partial charge in [0.15, 0.2) is 0 Å². The van der Waals surface area contributed by atoms with Gasteiger partial charge >= 0.3 is 12.1 Å². The molecule has 7 heteroatoms. The summed E-state index contributed by atoms with van der Waals surface area (Å²) in [5.74, 6) is 0. The van der Waals surface area contributed by atoms with Gasteiger partial charge in [0.1, 0.15) is 6.61 Å². The van der Waals surface area contributed by atoms with Crippen molar-refractivity contribution in [1.29, 1.82) is 0 Å². The molecular formula is C18H24N4O3. The Morgan fingerprint density at radius 1 is 1.16 bits per heavy atom. The molecule has 0 aromatic heterocycles. The first-order valence-corrected chi connectivity index (χ1v) is 8.97. The predicted octanol–water partition coefficient (Wildman–Crippen LogP) is 2.26. The van der Waals surface area contributed by atoms with Crippen molar-refractivity contribution >= 4 is 23.5 Å². The third-order valence-electron chi connectivity index (χ3n) is 5.20. The number of amides is 3. The van der Waals surface area contributed by atoms with Crippen molar-refractivity contribution in [1.82, 2.24) is 9.80 Å². The van der Waals surface area contributed by atoms with E-state index in [1.807, 2.05) is 30.0 Å². The lowest BCUT2D eigenvalue weighted by Crippen LogP contribution is -2.50. The molecule has 0 bridgehead atoms. The van der Waals surface area contributed by atoms with E-state index in [4.69, 9.17) is 4.74 Å². The highest BCUT2D eigenvalue weighted by Gasteiger charge is 2.32. The monoisotopic (exact) mass is 344 g/mol. The number of nitrogens with one attached hydrogen (secondary N) is 1. The first kappa shape index (κ1) is 16.2. The number of nitrogens with zero attached hydrogens (tertiary/aromatic N) is 3. The summed E-state index contributed by atoms with van der Waals surface area (Å²) in [6.07, 6.45) is 2.27. The quantitative estimate of drug-likeness (QED) is 0.913. The first-order valence-electron chi connectivity index (χ1n) is 8.97. The molecule has 1 saturated carbocycles. The van der Waals surface area contributed by atoms with E-state index in [2.05, 4.69) is 10.2 Å². The number of cyclic esters (lactones) is 1. The van der Waals surface area contributed by atoms with Crippen molar-refractivity contribution in [3.8, 4) is 0 Å². The molecule has 1 aromatic rings. The molecule has 1 aliphatic carbocycles. The summed E-state index contributed by atoms with van der Waals surface area (Å²) in [5, 5.41) is 3.01. The van der Waals surface area contributed by atoms with Crippen LogP contribution in [0, 0.1) is 6.92 Å². The van der Waals surface area contributed by atoms with Crippen LogP contribution < -0.4 is 10.2 Å². The first-order chi connectivity index (χ1) is 12.1. The zero-order valence-corrected chi connectivity index (χ0v) is 14.5. The molecule has 3 amide bonds. The fourth-order valence-electron chi connectivity index (χ4n) is 3.46. The van der Waals surface area contributed by atoms with Crippen LogP contribution in [0.5, 0.6) is 0 Å². The molecule has 0 spiro atoms. The smallest absolute Gasteiger partial charge is 0.414 e. The van der Waals surface area contributed by atoms with Crippen LogP contribution in [0.2, 0.25) is 0 Å². The highest BCUT2D eigenvalue weighted by molar-refractivity contribution is 5.93. The molecule has 0 atom stereocenters. The Kier molecular flexibility index (Phi) is 4.25. The fraction of sp³-hybridized carbons (Fsp3) is 0.556. The van der Waals surface area contributed by atoms with Crippen LogP contribution in [0.1, 0.15) is 18.4 Å². The average Bonchev–Trinajstić information content (AvgIpc) is 3.38. The van der Waals surface area contributed by atoms with E-state index in [1.54, 1.807) is 4.90 Å². The SMILES string of the molecule is Cc1ccc(N2CCOC2=O)cc1NC(=O)N1CCN(C2CC2)CC1. The summed E-state index contributed by atoms with van der Waals surface area (Å²) in [4.78, 5) is 30.3. The van der Waals surface area contributed by atoms with Gasteiger partial charge in [0.05, 0.1) is 6.54 Å². The van der Waals surface area contributed by atoms with Gasteiger partial charge in [-0.25, -0.2) is 9.59 Å². The maximum atomic E-state index is 12.6. The second-order valence-corrected chi connectivity index (χ2v) is 6.95. The van der Waals surface area contributed by atoms with Crippen LogP contribution in [0.15, 0.2) is 18.2 Å². The molecule has 7 nitrogen and oxygen atoms in total. The maximum absolute atomic E-state index is 12.6. The number of hydrogen-bond donors (Lipinski definition) is 1. The van der Waals surface area contributed by atoms with E-state index >= 15 is 0 Å². The number of urea groups is 1. The number of benzene rings is 1. The standard InChI is InChI=1S/C18H24N4O3/c1-13-2-3-15(22-10-11-25-18(22)24)12-16(13)19-17(23)21-8-6-20(7-9-21)14-4-5-14/h2-3,12,14H,4-11H2,1H3,(H,19,23). The fourth-order valence-corrected chi connectivity index (χ4v) is 3.46. The van der Waals surface area contributed by atoms with Gasteiger partial charge in [-0.1, -0.05) is 6.07 Å². The highest BCUT2D eigenvalue weighted by atomic mass is 16.6. The number of carbonyl (C=O) groups is 2. The van der Waals surface area contributed by atoms with Gasteiger partial charge in [0, 0.05) is 43.6 Å². The van der Waals surface area contributed by atoms with Crippen LogP contribution in [0.3, 0.4) is 0 Å². The van der Waals surface area contributed by atoms with Crippen molar-refractivity contribution in [2.75, 3.05) is 49.5 Å². The molecule has 2 saturated heterocycles. The predicted molar refractivity (Wildman–Crippen MR) is 95.1 cm³/mol. The van der Waals surface area contributed by atoms with E-state index in [1.165, 1.54) is 12.8 Å². The molecule has 3 aliphatic rings. The minimum absolute atomic E-state index is 0.0697. The summed E-state index contributed by atoms with van der Waals surface area (Å²) < 4.78 is 4.99. The lowest BCUT2D eigenvalue weighted by Gasteiger charge is -2.34. The number of anilines is 2. The Bertz CT molecular complexity index is 681. The molecule has 2 aliphatic heterocycles. The van der Waals surface area contributed by atoms with Crippen LogP contribution in [-0.4, -0.2) is 67.3 Å². The molecular weight excluding hydrogens is 320 g/mol. The van der Waals surface area contributed by atoms with E-state index < -0.39 is 0 Å². The van der Waals surface area contributed by atoms with Crippen LogP contribution in [0.4, 0.5) is 21.0 Å². The van der Waals surface area contributed by atoms with Crippen molar-refractivity contribution < 1.29 is 14.3 Å². The summed E-state index contributed by atoms with van der Waals surface area (Å²) in [6.45, 7) is 6.33. The van der Waals surface area contributed by atoms with E-state index in [0.29, 0.717) is 13.2 Å². The number of ether oxygens (including phenoxy) is 1. The van der Waals surface area contributed by atoms with Gasteiger partial charge in [0.25, 0.3) is 0 Å². The molecule has 4 rings (SSSR count). The minimum atomic E-state index is -0.336. The molecule has 134 valence electrons. The van der Waals surface area contributed by atoms with E-state index in [9.17, 15) is 9.59 Å². The number of hydrogen-bond acceptors (Lipinski definition) is 4. The minimum Gasteiger partial charge on any atom is -0.447 e. The molecule has 1 N–H and O–H groups in total. The van der Waals surface area contributed by atoms with Crippen LogP contribution >= 0.6 is 0 Å². The Morgan fingerprint density at radius 2 is 1.92 bits per heavy atom. The number of carbonyl (C=O) groups excluding carboxylic acids is 2. The second kappa shape index (κ2) is 6.55. The van der Waals surface area contributed by atoms with Gasteiger partial charge in [-0.05, 0) is 37.5 Å². The zero-order chi connectivity index (χ0) is 17.4. The van der Waals surface area contributed by atoms with E-state index in [0.717, 1.165) is 49.2 Å². The second-order valence-electron chi connectivity index (χ2n) is 6.95. The highest BCUT2D eigenvalue weighted by Crippen LogP contribution is 2.28. The Balaban J connectivity index is 1.41. The van der Waals surface area contributed by atoms with Crippen molar-refractivity contribution in [3.05, 3.63) is 23.8 Å². The summed E-state index contributed by atoms with van der Waals surface area (Å²) in [5.41, 5.74) is 2.47. The summed E-state index contributed by atoms with van der Waals surface area (Å²) >= 11 is 0. The lowest BCUT2D eigenvalue weighted by molar-refractivity contribution is 0.142. The van der Waals surface area contributed by atoms with Gasteiger partial charge < -0.3 is 15.0 Å². The summed E-state index contributed by atoms with van der Waals surface area (Å²) in [7, 11) is 0. The van der Waals surface area contributed by atoms with Crippen LogP contribution in [0.25, 0.3) is 0 Å². The Morgan fingerprint density at radius 3 is 2.56 bits per heavy atom. The molecule has 2 heterocycles. The average molecular weight is 344 g/mol. The number of rotatable bonds is 3. The van der Waals surface area contributed by atoms with Crippen LogP contribution in [-0.2, 0) is 4.74 Å². The molecule has 0 unspecified atom stereocenters. The van der Waals surface area contributed by atoms with Gasteiger partial charge in [-0.2, -0.15) is 0 Å². The summed E-state index contributed by atoms with van der Waals surface area (Å²) in [6, 6.07) is 6.33. The van der Waals surface area contributed by atoms with Crippen molar-refractivity contribution in [2.45, 2.75) is 25.8 Å². The van der Waals surface area contributed by atoms with Crippen molar-refractivity contribution in [3.63, 3.8) is 0 Å². The number of aryl methyl sites for hydroxylation is 1. The Hall–Kier alpha value is -2.28. The zero-order valence-electron chi connectivity index (χ0n) is 14.5. The van der Waals surface area contributed by atoms with Gasteiger partial charge in [0.2, 0.25) is 0 Å². The molecule has 25 heavy (non-hydrogen) atoms. The third kappa shape index (κ3) is 3.42. The topological polar surface area (TPSA) is 65.1 Å². The maximum Gasteiger partial charge on any atom is 0.414 e. The molecule has 1 aromatic carbocycles. The largest absolute Gasteiger partial charge is 0.447 e. The molecule has 0 radical (unpaired) electrons. The normalized spacial score (nSPS) is 21.4. The third-order valence-corrected chi connectivity index (χ3v) is 5.20. The Labute approximate surface area is 147 Å². The van der Waals surface area contributed by atoms with E-state index in [-0.39, 0.29) is 12.1 Å². The van der Waals surface area contributed by atoms with Crippen molar-refractivity contribution in [2.24, 2.45) is 0 Å². The lowest BCUT2D eigenvalue weighted by atomic mass is 10.1. The number of piperazine rings is 1. The van der Waals surface area contributed by atoms with Gasteiger partial charge in [-0.15, -0.1) is 0 Å². The molecule has 3 fully saturated rings. The van der Waals surface area contributed by atoms with Gasteiger partial charge in [-0.3, -0.25) is 9.80 Å².